The van der Waals surface area contributed by atoms with Gasteiger partial charge >= 0.3 is 0 Å². The number of aromatic nitrogens is 1. The van der Waals surface area contributed by atoms with Crippen molar-refractivity contribution in [2.75, 3.05) is 30.4 Å². The third-order valence-electron chi connectivity index (χ3n) is 3.01. The fraction of sp³-hybridized carbons (Fsp3) is 0.583. The number of hydrogen-bond donors (Lipinski definition) is 1. The summed E-state index contributed by atoms with van der Waals surface area (Å²) in [6, 6.07) is 3.01. The van der Waals surface area contributed by atoms with Gasteiger partial charge < -0.3 is 10.2 Å². The van der Waals surface area contributed by atoms with Crippen LogP contribution in [0.1, 0.15) is 13.8 Å². The second-order valence-corrected chi connectivity index (χ2v) is 6.62. The molecule has 1 saturated heterocycles. The molecule has 0 radical (unpaired) electrons. The van der Waals surface area contributed by atoms with Crippen LogP contribution in [0.2, 0.25) is 0 Å². The summed E-state index contributed by atoms with van der Waals surface area (Å²) in [5.74, 6) is 1.21. The molecular weight excluding hydrogens is 264 g/mol. The van der Waals surface area contributed by atoms with Gasteiger partial charge in [-0.2, -0.15) is 11.8 Å². The molecule has 0 aliphatic carbocycles. The zero-order chi connectivity index (χ0) is 14.0. The van der Waals surface area contributed by atoms with Gasteiger partial charge in [-0.3, -0.25) is 10.1 Å². The Kier molecular flexibility index (Phi) is 4.14. The second-order valence-electron chi connectivity index (χ2n) is 4.74. The molecule has 2 unspecified atom stereocenters. The summed E-state index contributed by atoms with van der Waals surface area (Å²) in [5, 5.41) is 14.8. The third-order valence-corrected chi connectivity index (χ3v) is 4.23. The molecular formula is C12H18N4O2S. The van der Waals surface area contributed by atoms with Crippen LogP contribution in [0.5, 0.6) is 0 Å². The quantitative estimate of drug-likeness (QED) is 0.678. The van der Waals surface area contributed by atoms with Gasteiger partial charge in [-0.1, -0.05) is 13.8 Å². The van der Waals surface area contributed by atoms with E-state index in [-0.39, 0.29) is 10.6 Å². The maximum atomic E-state index is 11.0. The van der Waals surface area contributed by atoms with Gasteiger partial charge in [-0.15, -0.1) is 0 Å². The highest BCUT2D eigenvalue weighted by Crippen LogP contribution is 2.30. The van der Waals surface area contributed by atoms with E-state index in [0.717, 1.165) is 13.1 Å². The minimum atomic E-state index is -0.377. The molecule has 1 aliphatic heterocycles. The van der Waals surface area contributed by atoms with Crippen molar-refractivity contribution in [1.82, 2.24) is 4.98 Å². The van der Waals surface area contributed by atoms with Crippen LogP contribution in [-0.2, 0) is 0 Å². The highest BCUT2D eigenvalue weighted by atomic mass is 32.2. The van der Waals surface area contributed by atoms with Gasteiger partial charge in [0.15, 0.2) is 0 Å². The number of pyridine rings is 1. The van der Waals surface area contributed by atoms with E-state index in [1.165, 1.54) is 6.07 Å². The van der Waals surface area contributed by atoms with Gasteiger partial charge in [0.2, 0.25) is 0 Å². The van der Waals surface area contributed by atoms with Gasteiger partial charge in [0.05, 0.1) is 17.1 Å². The molecule has 1 aliphatic rings. The summed E-state index contributed by atoms with van der Waals surface area (Å²) in [5.41, 5.74) is 0.0767. The molecule has 6 nitrogen and oxygen atoms in total. The first-order valence-corrected chi connectivity index (χ1v) is 7.18. The molecule has 7 heteroatoms. The van der Waals surface area contributed by atoms with Gasteiger partial charge in [0, 0.05) is 30.6 Å². The van der Waals surface area contributed by atoms with Crippen molar-refractivity contribution >= 4 is 29.1 Å². The van der Waals surface area contributed by atoms with Crippen LogP contribution in [0, 0.1) is 10.1 Å². The normalized spacial score (nSPS) is 23.2. The summed E-state index contributed by atoms with van der Waals surface area (Å²) in [7, 11) is 1.72. The van der Waals surface area contributed by atoms with Crippen molar-refractivity contribution < 1.29 is 4.92 Å². The highest BCUT2D eigenvalue weighted by molar-refractivity contribution is 8.00. The molecule has 0 bridgehead atoms. The molecule has 2 rings (SSSR count). The Hall–Kier alpha value is -1.50. The molecule has 1 N–H and O–H groups in total. The topological polar surface area (TPSA) is 71.3 Å². The fourth-order valence-corrected chi connectivity index (χ4v) is 3.59. The summed E-state index contributed by atoms with van der Waals surface area (Å²) < 4.78 is 0. The lowest BCUT2D eigenvalue weighted by atomic mass is 10.3. The van der Waals surface area contributed by atoms with Crippen molar-refractivity contribution in [1.29, 1.82) is 0 Å². The van der Waals surface area contributed by atoms with Crippen molar-refractivity contribution in [2.45, 2.75) is 24.3 Å². The smallest absolute Gasteiger partial charge is 0.276 e. The SMILES string of the molecule is CNc1cc([N+](=O)[O-])cc(N2CC(C)SC(C)C2)n1. The number of rotatable bonds is 3. The number of nitro groups is 1. The highest BCUT2D eigenvalue weighted by Gasteiger charge is 2.24. The molecule has 2 heterocycles. The van der Waals surface area contributed by atoms with E-state index < -0.39 is 0 Å². The fourth-order valence-electron chi connectivity index (χ4n) is 2.26. The van der Waals surface area contributed by atoms with Crippen molar-refractivity contribution in [3.05, 3.63) is 22.2 Å². The van der Waals surface area contributed by atoms with E-state index in [1.54, 1.807) is 13.1 Å². The lowest BCUT2D eigenvalue weighted by Gasteiger charge is -2.35. The average Bonchev–Trinajstić information content (AvgIpc) is 2.37. The van der Waals surface area contributed by atoms with Gasteiger partial charge in [-0.25, -0.2) is 4.98 Å². The van der Waals surface area contributed by atoms with Crippen LogP contribution in [0.4, 0.5) is 17.3 Å². The lowest BCUT2D eigenvalue weighted by Crippen LogP contribution is -2.40. The lowest BCUT2D eigenvalue weighted by molar-refractivity contribution is -0.384. The van der Waals surface area contributed by atoms with Crippen LogP contribution in [0.25, 0.3) is 0 Å². The molecule has 104 valence electrons. The van der Waals surface area contributed by atoms with E-state index in [2.05, 4.69) is 29.0 Å². The Labute approximate surface area is 116 Å². The summed E-state index contributed by atoms with van der Waals surface area (Å²) in [4.78, 5) is 17.1. The average molecular weight is 282 g/mol. The van der Waals surface area contributed by atoms with Crippen LogP contribution in [0.15, 0.2) is 12.1 Å². The van der Waals surface area contributed by atoms with Gasteiger partial charge in [0.1, 0.15) is 11.6 Å². The first-order valence-electron chi connectivity index (χ1n) is 6.24. The molecule has 1 aromatic rings. The van der Waals surface area contributed by atoms with Gasteiger partial charge in [0.25, 0.3) is 5.69 Å². The number of hydrogen-bond acceptors (Lipinski definition) is 6. The number of thioether (sulfide) groups is 1. The summed E-state index contributed by atoms with van der Waals surface area (Å²) >= 11 is 1.94. The molecule has 0 saturated carbocycles. The summed E-state index contributed by atoms with van der Waals surface area (Å²) in [6.07, 6.45) is 0. The number of anilines is 2. The first kappa shape index (κ1) is 13.9. The number of nitrogens with one attached hydrogen (secondary N) is 1. The zero-order valence-electron chi connectivity index (χ0n) is 11.3. The van der Waals surface area contributed by atoms with Crippen molar-refractivity contribution in [2.24, 2.45) is 0 Å². The first-order chi connectivity index (χ1) is 8.99. The van der Waals surface area contributed by atoms with Crippen LogP contribution < -0.4 is 10.2 Å². The predicted octanol–water partition coefficient (Wildman–Crippen LogP) is 2.36. The second kappa shape index (κ2) is 5.64. The summed E-state index contributed by atoms with van der Waals surface area (Å²) in [6.45, 7) is 6.08. The van der Waals surface area contributed by atoms with Crippen molar-refractivity contribution in [3.8, 4) is 0 Å². The molecule has 19 heavy (non-hydrogen) atoms. The minimum absolute atomic E-state index is 0.0767. The Bertz CT molecular complexity index is 473. The minimum Gasteiger partial charge on any atom is -0.373 e. The standard InChI is InChI=1S/C12H18N4O2S/c1-8-6-15(7-9(2)19-8)12-5-10(16(17)18)4-11(13-3)14-12/h4-5,8-9H,6-7H2,1-3H3,(H,13,14). The third kappa shape index (κ3) is 3.28. The predicted molar refractivity (Wildman–Crippen MR) is 79.2 cm³/mol. The Morgan fingerprint density at radius 1 is 1.42 bits per heavy atom. The Balaban J connectivity index is 2.32. The molecule has 1 fully saturated rings. The number of nitrogens with zero attached hydrogens (tertiary/aromatic N) is 3. The van der Waals surface area contributed by atoms with E-state index in [9.17, 15) is 10.1 Å². The zero-order valence-corrected chi connectivity index (χ0v) is 12.1. The van der Waals surface area contributed by atoms with Crippen LogP contribution in [0.3, 0.4) is 0 Å². The van der Waals surface area contributed by atoms with E-state index in [0.29, 0.717) is 22.1 Å². The Morgan fingerprint density at radius 3 is 2.58 bits per heavy atom. The molecule has 2 atom stereocenters. The maximum Gasteiger partial charge on any atom is 0.276 e. The van der Waals surface area contributed by atoms with Crippen LogP contribution >= 0.6 is 11.8 Å². The largest absolute Gasteiger partial charge is 0.373 e. The monoisotopic (exact) mass is 282 g/mol. The van der Waals surface area contributed by atoms with Crippen molar-refractivity contribution in [3.63, 3.8) is 0 Å². The van der Waals surface area contributed by atoms with Crippen LogP contribution in [-0.4, -0.2) is 40.5 Å². The molecule has 1 aromatic heterocycles. The molecule has 0 amide bonds. The van der Waals surface area contributed by atoms with E-state index >= 15 is 0 Å². The van der Waals surface area contributed by atoms with E-state index in [1.807, 2.05) is 11.8 Å². The molecule has 0 spiro atoms. The molecule has 0 aromatic carbocycles. The van der Waals surface area contributed by atoms with Gasteiger partial charge in [-0.05, 0) is 0 Å². The Morgan fingerprint density at radius 2 is 2.05 bits per heavy atom. The maximum absolute atomic E-state index is 11.0. The van der Waals surface area contributed by atoms with E-state index in [4.69, 9.17) is 0 Å².